The highest BCUT2D eigenvalue weighted by Crippen LogP contribution is 2.54. The fourth-order valence-corrected chi connectivity index (χ4v) is 14.3. The van der Waals surface area contributed by atoms with E-state index in [9.17, 15) is 0 Å². The molecule has 80 heavy (non-hydrogen) atoms. The molecule has 380 valence electrons. The molecule has 0 saturated carbocycles. The Hall–Kier alpha value is -9.26. The maximum Gasteiger partial charge on any atom is 0.0601 e. The lowest BCUT2D eigenvalue weighted by Gasteiger charge is -2.32. The summed E-state index contributed by atoms with van der Waals surface area (Å²) in [6, 6.07) is 105. The van der Waals surface area contributed by atoms with Crippen LogP contribution in [0.25, 0.3) is 55.6 Å². The van der Waals surface area contributed by atoms with Crippen LogP contribution < -0.4 is 14.7 Å². The molecule has 0 fully saturated rings. The van der Waals surface area contributed by atoms with Gasteiger partial charge < -0.3 is 14.7 Å². The van der Waals surface area contributed by atoms with Crippen molar-refractivity contribution >= 4 is 74.7 Å². The summed E-state index contributed by atoms with van der Waals surface area (Å²) in [7, 11) is 0. The van der Waals surface area contributed by atoms with Gasteiger partial charge in [0.25, 0.3) is 0 Å². The smallest absolute Gasteiger partial charge is 0.0601 e. The molecule has 2 heterocycles. The first-order valence-corrected chi connectivity index (χ1v) is 29.0. The fourth-order valence-electron chi connectivity index (χ4n) is 12.2. The van der Waals surface area contributed by atoms with Crippen LogP contribution in [0.15, 0.2) is 305 Å². The molecule has 3 aliphatic rings. The van der Waals surface area contributed by atoms with E-state index in [2.05, 4.69) is 314 Å². The SMILES string of the molecule is CC1(C)c2ccccc2-c2ccc(N(c3ccc(-c4ccc(-c5ccc(N6c7ccccc7Sc7ccccc76)cc5)cc4)cc3)c3ccc(-c4ccc(-c5ccc(N6c7ccccc7Sc7ccccc76)cc5)cc4)cc3)cc21. The minimum absolute atomic E-state index is 0.125. The molecule has 15 rings (SSSR count). The lowest BCUT2D eigenvalue weighted by Crippen LogP contribution is -2.16. The highest BCUT2D eigenvalue weighted by molar-refractivity contribution is 8.00. The molecule has 0 aromatic heterocycles. The van der Waals surface area contributed by atoms with Crippen molar-refractivity contribution in [2.24, 2.45) is 0 Å². The third-order valence-electron chi connectivity index (χ3n) is 16.3. The molecule has 0 unspecified atom stereocenters. The van der Waals surface area contributed by atoms with Crippen LogP contribution in [-0.2, 0) is 5.41 Å². The predicted octanol–water partition coefficient (Wildman–Crippen LogP) is 22.0. The van der Waals surface area contributed by atoms with Crippen LogP contribution in [-0.4, -0.2) is 0 Å². The number of fused-ring (bicyclic) bond motifs is 7. The maximum atomic E-state index is 2.42. The maximum absolute atomic E-state index is 2.42. The van der Waals surface area contributed by atoms with Crippen molar-refractivity contribution < 1.29 is 0 Å². The van der Waals surface area contributed by atoms with E-state index in [0.717, 1.165) is 28.4 Å². The summed E-state index contributed by atoms with van der Waals surface area (Å²) in [6.45, 7) is 4.72. The second-order valence-corrected chi connectivity index (χ2v) is 23.5. The molecule has 0 N–H and O–H groups in total. The summed E-state index contributed by atoms with van der Waals surface area (Å²) in [5.74, 6) is 0. The second kappa shape index (κ2) is 19.6. The molecule has 1 aliphatic carbocycles. The Morgan fingerprint density at radius 1 is 0.275 bits per heavy atom. The molecule has 2 aliphatic heterocycles. The molecule has 5 heteroatoms. The number of hydrogen-bond donors (Lipinski definition) is 0. The molecular formula is C75H53N3S2. The van der Waals surface area contributed by atoms with Crippen molar-refractivity contribution in [1.82, 2.24) is 0 Å². The van der Waals surface area contributed by atoms with Crippen molar-refractivity contribution in [2.75, 3.05) is 14.7 Å². The van der Waals surface area contributed by atoms with Gasteiger partial charge in [-0.1, -0.05) is 213 Å². The van der Waals surface area contributed by atoms with E-state index in [4.69, 9.17) is 0 Å². The first kappa shape index (κ1) is 47.9. The lowest BCUT2D eigenvalue weighted by molar-refractivity contribution is 0.660. The minimum atomic E-state index is -0.125. The van der Waals surface area contributed by atoms with Crippen molar-refractivity contribution in [1.29, 1.82) is 0 Å². The first-order valence-electron chi connectivity index (χ1n) is 27.4. The molecule has 0 atom stereocenters. The van der Waals surface area contributed by atoms with Gasteiger partial charge in [0.15, 0.2) is 0 Å². The van der Waals surface area contributed by atoms with Crippen molar-refractivity contribution in [2.45, 2.75) is 38.8 Å². The first-order chi connectivity index (χ1) is 39.4. The van der Waals surface area contributed by atoms with E-state index < -0.39 is 0 Å². The van der Waals surface area contributed by atoms with Crippen LogP contribution in [0, 0.1) is 0 Å². The van der Waals surface area contributed by atoms with E-state index in [1.807, 2.05) is 23.5 Å². The number of anilines is 9. The summed E-state index contributed by atoms with van der Waals surface area (Å²) in [6.07, 6.45) is 0. The zero-order valence-corrected chi connectivity index (χ0v) is 45.9. The number of hydrogen-bond acceptors (Lipinski definition) is 5. The minimum Gasteiger partial charge on any atom is -0.310 e. The molecule has 12 aromatic carbocycles. The van der Waals surface area contributed by atoms with Crippen molar-refractivity contribution in [3.8, 4) is 55.6 Å². The molecule has 0 spiro atoms. The van der Waals surface area contributed by atoms with Crippen LogP contribution in [0.5, 0.6) is 0 Å². The van der Waals surface area contributed by atoms with Crippen LogP contribution in [0.2, 0.25) is 0 Å². The monoisotopic (exact) mass is 1060 g/mol. The third kappa shape index (κ3) is 8.32. The average Bonchev–Trinajstić information content (AvgIpc) is 3.81. The van der Waals surface area contributed by atoms with Gasteiger partial charge in [0.05, 0.1) is 22.7 Å². The average molecular weight is 1060 g/mol. The van der Waals surface area contributed by atoms with Gasteiger partial charge in [-0.25, -0.2) is 0 Å². The fraction of sp³-hybridized carbons (Fsp3) is 0.0400. The van der Waals surface area contributed by atoms with E-state index in [1.54, 1.807) is 0 Å². The van der Waals surface area contributed by atoms with Crippen molar-refractivity contribution in [3.63, 3.8) is 0 Å². The number of para-hydroxylation sites is 4. The summed E-state index contributed by atoms with van der Waals surface area (Å²) >= 11 is 3.67. The van der Waals surface area contributed by atoms with E-state index in [1.165, 1.54) is 109 Å². The Labute approximate surface area is 477 Å². The topological polar surface area (TPSA) is 9.72 Å². The summed E-state index contributed by atoms with van der Waals surface area (Å²) in [5, 5.41) is 0. The molecular weight excluding hydrogens is 1010 g/mol. The summed E-state index contributed by atoms with van der Waals surface area (Å²) in [4.78, 5) is 12.2. The molecule has 0 radical (unpaired) electrons. The van der Waals surface area contributed by atoms with Gasteiger partial charge >= 0.3 is 0 Å². The normalized spacial score (nSPS) is 13.3. The Morgan fingerprint density at radius 3 is 0.938 bits per heavy atom. The largest absolute Gasteiger partial charge is 0.310 e. The molecule has 3 nitrogen and oxygen atoms in total. The quantitative estimate of drug-likeness (QED) is 0.142. The van der Waals surface area contributed by atoms with Crippen LogP contribution in [0.3, 0.4) is 0 Å². The van der Waals surface area contributed by atoms with Gasteiger partial charge in [-0.2, -0.15) is 0 Å². The lowest BCUT2D eigenvalue weighted by atomic mass is 9.82. The van der Waals surface area contributed by atoms with Gasteiger partial charge in [0, 0.05) is 53.4 Å². The zero-order valence-electron chi connectivity index (χ0n) is 44.3. The zero-order chi connectivity index (χ0) is 53.3. The molecule has 0 bridgehead atoms. The van der Waals surface area contributed by atoms with Crippen LogP contribution >= 0.6 is 23.5 Å². The third-order valence-corrected chi connectivity index (χ3v) is 18.6. The summed E-state index contributed by atoms with van der Waals surface area (Å²) < 4.78 is 0. The van der Waals surface area contributed by atoms with E-state index >= 15 is 0 Å². The van der Waals surface area contributed by atoms with Crippen LogP contribution in [0.4, 0.5) is 51.2 Å². The highest BCUT2D eigenvalue weighted by atomic mass is 32.2. The van der Waals surface area contributed by atoms with E-state index in [0.29, 0.717) is 0 Å². The van der Waals surface area contributed by atoms with Gasteiger partial charge in [-0.05, 0) is 176 Å². The van der Waals surface area contributed by atoms with Gasteiger partial charge in [0.1, 0.15) is 0 Å². The number of nitrogens with zero attached hydrogens (tertiary/aromatic N) is 3. The highest BCUT2D eigenvalue weighted by Gasteiger charge is 2.36. The van der Waals surface area contributed by atoms with E-state index in [-0.39, 0.29) is 5.41 Å². The number of rotatable bonds is 9. The number of benzene rings is 12. The van der Waals surface area contributed by atoms with Crippen LogP contribution in [0.1, 0.15) is 25.0 Å². The Kier molecular flexibility index (Phi) is 11.7. The Bertz CT molecular complexity index is 3980. The second-order valence-electron chi connectivity index (χ2n) is 21.3. The van der Waals surface area contributed by atoms with Gasteiger partial charge in [-0.3, -0.25) is 0 Å². The molecule has 0 amide bonds. The standard InChI is InChI=1S/C75H53N3S2/c1-75(2)65-14-4-3-13-63(65)64-48-47-62(49-66(64)75)76(58-39-31-54(32-40-58)50-23-27-52(28-24-50)56-35-43-60(44-36-56)77-67-15-5-9-19-71(67)79-72-20-10-6-16-68(72)77)59-41-33-55(34-42-59)51-25-29-53(30-26-51)57-37-45-61(46-38-57)78-69-17-7-11-21-73(69)80-74-22-12-8-18-70(74)78/h3-49H,1-2H3. The summed E-state index contributed by atoms with van der Waals surface area (Å²) in [5.41, 5.74) is 25.2. The predicted molar refractivity (Wildman–Crippen MR) is 338 cm³/mol. The Morgan fingerprint density at radius 2 is 0.562 bits per heavy atom. The molecule has 0 saturated heterocycles. The molecule has 12 aromatic rings. The van der Waals surface area contributed by atoms with Crippen molar-refractivity contribution in [3.05, 3.63) is 296 Å². The Balaban J connectivity index is 0.699. The van der Waals surface area contributed by atoms with Gasteiger partial charge in [0.2, 0.25) is 0 Å². The van der Waals surface area contributed by atoms with Gasteiger partial charge in [-0.15, -0.1) is 0 Å².